The first-order chi connectivity index (χ1) is 3.18. The standard InChI is InChI=1S/C2H5O4P/c3-1-2(4)7(5)6/h2-4H,1H2. The van der Waals surface area contributed by atoms with Crippen molar-refractivity contribution in [1.82, 2.24) is 0 Å². The zero-order valence-electron chi connectivity index (χ0n) is 3.44. The van der Waals surface area contributed by atoms with E-state index in [9.17, 15) is 9.13 Å². The molecule has 4 nitrogen and oxygen atoms in total. The summed E-state index contributed by atoms with van der Waals surface area (Å²) < 4.78 is 19.1. The van der Waals surface area contributed by atoms with Crippen molar-refractivity contribution in [2.45, 2.75) is 5.85 Å². The molecule has 0 aromatic heterocycles. The SMILES string of the molecule is O=P(=O)C(O)CO. The van der Waals surface area contributed by atoms with Crippen molar-refractivity contribution < 1.29 is 19.3 Å². The molecule has 0 aliphatic rings. The largest absolute Gasteiger partial charge is 0.393 e. The second-order valence-corrected chi connectivity index (χ2v) is 2.12. The molecule has 0 aromatic rings. The van der Waals surface area contributed by atoms with E-state index in [1.165, 1.54) is 0 Å². The Labute approximate surface area is 40.6 Å². The predicted octanol–water partition coefficient (Wildman–Crippen LogP) is -0.530. The van der Waals surface area contributed by atoms with Gasteiger partial charge in [-0.1, -0.05) is 0 Å². The van der Waals surface area contributed by atoms with E-state index < -0.39 is 20.1 Å². The van der Waals surface area contributed by atoms with Crippen molar-refractivity contribution in [3.63, 3.8) is 0 Å². The van der Waals surface area contributed by atoms with Crippen molar-refractivity contribution in [1.29, 1.82) is 0 Å². The van der Waals surface area contributed by atoms with Crippen LogP contribution in [0.1, 0.15) is 0 Å². The molecule has 0 aliphatic heterocycles. The van der Waals surface area contributed by atoms with E-state index in [0.29, 0.717) is 0 Å². The first-order valence-corrected chi connectivity index (χ1v) is 2.85. The highest BCUT2D eigenvalue weighted by Crippen LogP contribution is 2.08. The molecule has 42 valence electrons. The third kappa shape index (κ3) is 2.51. The lowest BCUT2D eigenvalue weighted by atomic mass is 10.8. The number of hydrogen-bond acceptors (Lipinski definition) is 4. The van der Waals surface area contributed by atoms with Gasteiger partial charge in [0.25, 0.3) is 0 Å². The van der Waals surface area contributed by atoms with Crippen molar-refractivity contribution in [2.24, 2.45) is 0 Å². The molecule has 0 aromatic carbocycles. The highest BCUT2D eigenvalue weighted by atomic mass is 31.1. The molecule has 0 spiro atoms. The lowest BCUT2D eigenvalue weighted by molar-refractivity contribution is 0.150. The monoisotopic (exact) mass is 124 g/mol. The molecule has 0 bridgehead atoms. The zero-order valence-corrected chi connectivity index (χ0v) is 4.34. The van der Waals surface area contributed by atoms with Crippen LogP contribution in [-0.2, 0) is 9.13 Å². The fraction of sp³-hybridized carbons (Fsp3) is 1.00. The minimum atomic E-state index is -2.86. The summed E-state index contributed by atoms with van der Waals surface area (Å²) in [6.45, 7) is -0.724. The molecule has 0 aliphatic carbocycles. The third-order valence-corrected chi connectivity index (χ3v) is 1.06. The minimum Gasteiger partial charge on any atom is -0.393 e. The molecule has 1 unspecified atom stereocenters. The van der Waals surface area contributed by atoms with Crippen LogP contribution in [0.3, 0.4) is 0 Å². The average molecular weight is 124 g/mol. The van der Waals surface area contributed by atoms with Crippen molar-refractivity contribution in [3.05, 3.63) is 0 Å². The molecule has 0 fully saturated rings. The van der Waals surface area contributed by atoms with Crippen LogP contribution in [0.2, 0.25) is 0 Å². The molecular formula is C2H5O4P. The van der Waals surface area contributed by atoms with Gasteiger partial charge in [-0.25, -0.2) is 9.13 Å². The molecule has 0 heterocycles. The first kappa shape index (κ1) is 6.82. The highest BCUT2D eigenvalue weighted by Gasteiger charge is 2.04. The van der Waals surface area contributed by atoms with Crippen LogP contribution in [0.15, 0.2) is 0 Å². The molecular weight excluding hydrogens is 119 g/mol. The van der Waals surface area contributed by atoms with Crippen LogP contribution in [-0.4, -0.2) is 22.7 Å². The summed E-state index contributed by atoms with van der Waals surface area (Å²) in [5.74, 6) is -1.59. The maximum atomic E-state index is 9.56. The van der Waals surface area contributed by atoms with E-state index in [-0.39, 0.29) is 0 Å². The van der Waals surface area contributed by atoms with Crippen LogP contribution in [0, 0.1) is 0 Å². The van der Waals surface area contributed by atoms with Crippen molar-refractivity contribution in [2.75, 3.05) is 6.61 Å². The predicted molar refractivity (Wildman–Crippen MR) is 21.4 cm³/mol. The first-order valence-electron chi connectivity index (χ1n) is 1.61. The van der Waals surface area contributed by atoms with Gasteiger partial charge in [0, 0.05) is 0 Å². The van der Waals surface area contributed by atoms with Gasteiger partial charge in [0.05, 0.1) is 6.61 Å². The van der Waals surface area contributed by atoms with E-state index in [1.807, 2.05) is 0 Å². The van der Waals surface area contributed by atoms with Gasteiger partial charge in [-0.3, -0.25) is 0 Å². The summed E-state index contributed by atoms with van der Waals surface area (Å²) >= 11 is 0. The zero-order chi connectivity index (χ0) is 5.86. The lowest BCUT2D eigenvalue weighted by Crippen LogP contribution is -2.02. The van der Waals surface area contributed by atoms with Gasteiger partial charge in [-0.05, 0) is 0 Å². The molecule has 0 rings (SSSR count). The topological polar surface area (TPSA) is 74.6 Å². The van der Waals surface area contributed by atoms with Gasteiger partial charge in [0.1, 0.15) is 0 Å². The van der Waals surface area contributed by atoms with E-state index in [1.54, 1.807) is 0 Å². The van der Waals surface area contributed by atoms with Gasteiger partial charge < -0.3 is 10.2 Å². The van der Waals surface area contributed by atoms with Gasteiger partial charge in [-0.2, -0.15) is 0 Å². The fourth-order valence-corrected chi connectivity index (χ4v) is 0.200. The Morgan fingerprint density at radius 3 is 2.00 bits per heavy atom. The van der Waals surface area contributed by atoms with Crippen LogP contribution in [0.5, 0.6) is 0 Å². The highest BCUT2D eigenvalue weighted by molar-refractivity contribution is 7.31. The van der Waals surface area contributed by atoms with Crippen molar-refractivity contribution >= 4 is 7.68 Å². The van der Waals surface area contributed by atoms with Gasteiger partial charge in [0.15, 0.2) is 5.85 Å². The van der Waals surface area contributed by atoms with Crippen LogP contribution in [0.4, 0.5) is 0 Å². The molecule has 5 heteroatoms. The molecule has 0 amide bonds. The molecule has 0 radical (unpaired) electrons. The van der Waals surface area contributed by atoms with Crippen LogP contribution in [0.25, 0.3) is 0 Å². The maximum absolute atomic E-state index is 9.56. The molecule has 7 heavy (non-hydrogen) atoms. The van der Waals surface area contributed by atoms with E-state index in [2.05, 4.69) is 0 Å². The number of hydrogen-bond donors (Lipinski definition) is 2. The Hall–Kier alpha value is -0.180. The molecule has 1 atom stereocenters. The summed E-state index contributed by atoms with van der Waals surface area (Å²) in [5, 5.41) is 16.0. The van der Waals surface area contributed by atoms with Crippen LogP contribution < -0.4 is 0 Å². The van der Waals surface area contributed by atoms with Crippen LogP contribution >= 0.6 is 7.68 Å². The smallest absolute Gasteiger partial charge is 0.347 e. The van der Waals surface area contributed by atoms with Gasteiger partial charge in [-0.15, -0.1) is 0 Å². The summed E-state index contributed by atoms with van der Waals surface area (Å²) in [6, 6.07) is 0. The third-order valence-electron chi connectivity index (χ3n) is 0.407. The quantitative estimate of drug-likeness (QED) is 0.485. The number of rotatable bonds is 2. The van der Waals surface area contributed by atoms with Gasteiger partial charge in [0.2, 0.25) is 0 Å². The second kappa shape index (κ2) is 2.91. The Kier molecular flexibility index (Phi) is 2.83. The fourth-order valence-electron chi connectivity index (χ4n) is 0.0667. The minimum absolute atomic E-state index is 0.724. The molecule has 2 N–H and O–H groups in total. The second-order valence-electron chi connectivity index (χ2n) is 0.949. The normalized spacial score (nSPS) is 13.4. The summed E-state index contributed by atoms with van der Waals surface area (Å²) in [7, 11) is -2.86. The maximum Gasteiger partial charge on any atom is 0.347 e. The molecule has 0 saturated carbocycles. The number of aliphatic hydroxyl groups excluding tert-OH is 2. The Bertz CT molecular complexity index is 98.3. The summed E-state index contributed by atoms with van der Waals surface area (Å²) in [6.07, 6.45) is 0. The average Bonchev–Trinajstić information content (AvgIpc) is 1.65. The Morgan fingerprint density at radius 1 is 1.57 bits per heavy atom. The summed E-state index contributed by atoms with van der Waals surface area (Å²) in [4.78, 5) is 0. The van der Waals surface area contributed by atoms with E-state index in [4.69, 9.17) is 10.2 Å². The van der Waals surface area contributed by atoms with E-state index >= 15 is 0 Å². The van der Waals surface area contributed by atoms with Gasteiger partial charge >= 0.3 is 7.68 Å². The Morgan fingerprint density at radius 2 is 2.00 bits per heavy atom. The number of aliphatic hydroxyl groups is 2. The molecule has 0 saturated heterocycles. The Balaban J connectivity index is 3.57. The summed E-state index contributed by atoms with van der Waals surface area (Å²) in [5.41, 5.74) is 0. The van der Waals surface area contributed by atoms with E-state index in [0.717, 1.165) is 0 Å². The van der Waals surface area contributed by atoms with Crippen molar-refractivity contribution in [3.8, 4) is 0 Å². The lowest BCUT2D eigenvalue weighted by Gasteiger charge is -1.88.